The first kappa shape index (κ1) is 13.8. The van der Waals surface area contributed by atoms with Crippen molar-refractivity contribution in [2.45, 2.75) is 18.9 Å². The Balaban J connectivity index is 2.19. The molecular formula is C14H19N3OS. The minimum Gasteiger partial charge on any atom is -0.393 e. The number of hydrogen-bond acceptors (Lipinski definition) is 3. The van der Waals surface area contributed by atoms with Crippen molar-refractivity contribution in [1.29, 1.82) is 0 Å². The van der Waals surface area contributed by atoms with Crippen LogP contribution in [0.3, 0.4) is 0 Å². The van der Waals surface area contributed by atoms with Gasteiger partial charge in [-0.1, -0.05) is 30.4 Å². The summed E-state index contributed by atoms with van der Waals surface area (Å²) in [6.45, 7) is 1.49. The number of para-hydroxylation sites is 1. The molecule has 0 spiro atoms. The average Bonchev–Trinajstić information content (AvgIpc) is 2.72. The van der Waals surface area contributed by atoms with Crippen LogP contribution in [0.15, 0.2) is 30.3 Å². The van der Waals surface area contributed by atoms with Gasteiger partial charge in [0, 0.05) is 32.2 Å². The summed E-state index contributed by atoms with van der Waals surface area (Å²) < 4.78 is 0. The van der Waals surface area contributed by atoms with E-state index >= 15 is 0 Å². The molecule has 0 aromatic heterocycles. The standard InChI is InChI=1S/C14H19N3OS/c1-16-9-7-12(14(16)18)17(10-8-13(15)19)11-5-3-2-4-6-11/h2-6,12H,7-10H2,1H3,(H2,15,19). The Labute approximate surface area is 119 Å². The normalized spacial score (nSPS) is 18.7. The van der Waals surface area contributed by atoms with Crippen molar-refractivity contribution in [1.82, 2.24) is 4.90 Å². The van der Waals surface area contributed by atoms with Crippen LogP contribution in [0.5, 0.6) is 0 Å². The van der Waals surface area contributed by atoms with Crippen molar-refractivity contribution in [3.8, 4) is 0 Å². The summed E-state index contributed by atoms with van der Waals surface area (Å²) in [5, 5.41) is 0. The van der Waals surface area contributed by atoms with Gasteiger partial charge in [-0.05, 0) is 18.6 Å². The van der Waals surface area contributed by atoms with Crippen molar-refractivity contribution in [2.24, 2.45) is 5.73 Å². The number of nitrogens with two attached hydrogens (primary N) is 1. The van der Waals surface area contributed by atoms with E-state index in [2.05, 4.69) is 4.90 Å². The number of anilines is 1. The van der Waals surface area contributed by atoms with E-state index in [1.54, 1.807) is 4.90 Å². The second-order valence-corrected chi connectivity index (χ2v) is 5.33. The average molecular weight is 277 g/mol. The smallest absolute Gasteiger partial charge is 0.245 e. The molecule has 4 nitrogen and oxygen atoms in total. The minimum absolute atomic E-state index is 0.0956. The minimum atomic E-state index is -0.0956. The maximum atomic E-state index is 12.2. The van der Waals surface area contributed by atoms with E-state index in [9.17, 15) is 4.79 Å². The number of hydrogen-bond donors (Lipinski definition) is 1. The first-order valence-corrected chi connectivity index (χ1v) is 6.85. The van der Waals surface area contributed by atoms with Gasteiger partial charge < -0.3 is 15.5 Å². The Morgan fingerprint density at radius 1 is 1.47 bits per heavy atom. The van der Waals surface area contributed by atoms with E-state index in [4.69, 9.17) is 18.0 Å². The predicted octanol–water partition coefficient (Wildman–Crippen LogP) is 1.40. The molecule has 0 radical (unpaired) electrons. The van der Waals surface area contributed by atoms with E-state index in [0.717, 1.165) is 18.7 Å². The number of likely N-dealkylation sites (tertiary alicyclic amines) is 1. The van der Waals surface area contributed by atoms with Gasteiger partial charge in [0.2, 0.25) is 5.91 Å². The molecule has 1 unspecified atom stereocenters. The SMILES string of the molecule is CN1CCC(N(CCC(N)=S)c2ccccc2)C1=O. The van der Waals surface area contributed by atoms with Crippen LogP contribution in [0.4, 0.5) is 5.69 Å². The van der Waals surface area contributed by atoms with Crippen LogP contribution in [0, 0.1) is 0 Å². The summed E-state index contributed by atoms with van der Waals surface area (Å²) >= 11 is 4.95. The zero-order chi connectivity index (χ0) is 13.8. The quantitative estimate of drug-likeness (QED) is 0.827. The highest BCUT2D eigenvalue weighted by Crippen LogP contribution is 2.23. The van der Waals surface area contributed by atoms with Gasteiger partial charge in [-0.2, -0.15) is 0 Å². The third kappa shape index (κ3) is 3.23. The summed E-state index contributed by atoms with van der Waals surface area (Å²) in [6, 6.07) is 9.87. The fourth-order valence-electron chi connectivity index (χ4n) is 2.41. The first-order chi connectivity index (χ1) is 9.09. The zero-order valence-electron chi connectivity index (χ0n) is 11.1. The Morgan fingerprint density at radius 2 is 2.16 bits per heavy atom. The maximum Gasteiger partial charge on any atom is 0.245 e. The molecule has 0 aliphatic carbocycles. The number of thiocarbonyl (C=S) groups is 1. The molecule has 1 fully saturated rings. The molecular weight excluding hydrogens is 258 g/mol. The summed E-state index contributed by atoms with van der Waals surface area (Å²) in [6.07, 6.45) is 1.47. The van der Waals surface area contributed by atoms with Crippen LogP contribution in [-0.2, 0) is 4.79 Å². The third-order valence-corrected chi connectivity index (χ3v) is 3.67. The maximum absolute atomic E-state index is 12.2. The van der Waals surface area contributed by atoms with E-state index in [-0.39, 0.29) is 11.9 Å². The zero-order valence-corrected chi connectivity index (χ0v) is 11.9. The Morgan fingerprint density at radius 3 is 2.68 bits per heavy atom. The topological polar surface area (TPSA) is 49.6 Å². The van der Waals surface area contributed by atoms with Crippen LogP contribution < -0.4 is 10.6 Å². The van der Waals surface area contributed by atoms with E-state index in [0.29, 0.717) is 18.0 Å². The molecule has 1 saturated heterocycles. The second-order valence-electron chi connectivity index (χ2n) is 4.81. The largest absolute Gasteiger partial charge is 0.393 e. The molecule has 5 heteroatoms. The molecule has 102 valence electrons. The first-order valence-electron chi connectivity index (χ1n) is 6.44. The van der Waals surface area contributed by atoms with Crippen molar-refractivity contribution < 1.29 is 4.79 Å². The van der Waals surface area contributed by atoms with Gasteiger partial charge in [0.1, 0.15) is 6.04 Å². The lowest BCUT2D eigenvalue weighted by molar-refractivity contribution is -0.127. The number of nitrogens with zero attached hydrogens (tertiary/aromatic N) is 2. The van der Waals surface area contributed by atoms with E-state index in [1.807, 2.05) is 37.4 Å². The van der Waals surface area contributed by atoms with Gasteiger partial charge >= 0.3 is 0 Å². The number of carbonyl (C=O) groups is 1. The van der Waals surface area contributed by atoms with Crippen LogP contribution in [-0.4, -0.2) is 42.0 Å². The van der Waals surface area contributed by atoms with Gasteiger partial charge in [0.05, 0.1) is 4.99 Å². The van der Waals surface area contributed by atoms with Crippen LogP contribution in [0.1, 0.15) is 12.8 Å². The lowest BCUT2D eigenvalue weighted by Crippen LogP contribution is -2.42. The lowest BCUT2D eigenvalue weighted by atomic mass is 10.1. The third-order valence-electron chi connectivity index (χ3n) is 3.46. The van der Waals surface area contributed by atoms with Gasteiger partial charge in [0.15, 0.2) is 0 Å². The number of benzene rings is 1. The molecule has 19 heavy (non-hydrogen) atoms. The fraction of sp³-hybridized carbons (Fsp3) is 0.429. The second kappa shape index (κ2) is 6.02. The van der Waals surface area contributed by atoms with E-state index < -0.39 is 0 Å². The molecule has 1 aromatic carbocycles. The summed E-state index contributed by atoms with van der Waals surface area (Å²) in [7, 11) is 1.85. The van der Waals surface area contributed by atoms with Crippen LogP contribution in [0.2, 0.25) is 0 Å². The van der Waals surface area contributed by atoms with Gasteiger partial charge in [-0.15, -0.1) is 0 Å². The molecule has 1 heterocycles. The number of carbonyl (C=O) groups excluding carboxylic acids is 1. The highest BCUT2D eigenvalue weighted by Gasteiger charge is 2.33. The summed E-state index contributed by atoms with van der Waals surface area (Å²) in [5.41, 5.74) is 6.64. The fourth-order valence-corrected chi connectivity index (χ4v) is 2.50. The van der Waals surface area contributed by atoms with Gasteiger partial charge in [-0.3, -0.25) is 4.79 Å². The molecule has 1 amide bonds. The summed E-state index contributed by atoms with van der Waals surface area (Å²) in [5.74, 6) is 0.173. The van der Waals surface area contributed by atoms with Crippen molar-refractivity contribution in [3.05, 3.63) is 30.3 Å². The summed E-state index contributed by atoms with van der Waals surface area (Å²) in [4.78, 5) is 16.6. The van der Waals surface area contributed by atoms with Crippen molar-refractivity contribution in [3.63, 3.8) is 0 Å². The molecule has 1 aromatic rings. The molecule has 1 atom stereocenters. The Bertz CT molecular complexity index is 463. The lowest BCUT2D eigenvalue weighted by Gasteiger charge is -2.29. The molecule has 0 bridgehead atoms. The number of amides is 1. The van der Waals surface area contributed by atoms with E-state index in [1.165, 1.54) is 0 Å². The molecule has 2 N–H and O–H groups in total. The molecule has 1 aliphatic rings. The highest BCUT2D eigenvalue weighted by atomic mass is 32.1. The number of rotatable bonds is 5. The monoisotopic (exact) mass is 277 g/mol. The Hall–Kier alpha value is -1.62. The highest BCUT2D eigenvalue weighted by molar-refractivity contribution is 7.80. The molecule has 1 aliphatic heterocycles. The van der Waals surface area contributed by atoms with Crippen LogP contribution >= 0.6 is 12.2 Å². The van der Waals surface area contributed by atoms with Crippen molar-refractivity contribution in [2.75, 3.05) is 25.0 Å². The number of likely N-dealkylation sites (N-methyl/N-ethyl adjacent to an activating group) is 1. The predicted molar refractivity (Wildman–Crippen MR) is 81.2 cm³/mol. The van der Waals surface area contributed by atoms with Gasteiger partial charge in [-0.25, -0.2) is 0 Å². The molecule has 2 rings (SSSR count). The van der Waals surface area contributed by atoms with Gasteiger partial charge in [0.25, 0.3) is 0 Å². The van der Waals surface area contributed by atoms with Crippen LogP contribution in [0.25, 0.3) is 0 Å². The Kier molecular flexibility index (Phi) is 4.37. The molecule has 0 saturated carbocycles. The van der Waals surface area contributed by atoms with Crippen molar-refractivity contribution >= 4 is 28.8 Å².